The first-order valence-corrected chi connectivity index (χ1v) is 12.6. The molecule has 0 N–H and O–H groups in total. The maximum Gasteiger partial charge on any atom is 0.119 e. The quantitative estimate of drug-likeness (QED) is 0.279. The summed E-state index contributed by atoms with van der Waals surface area (Å²) in [4.78, 5) is 0. The normalized spacial score (nSPS) is 18.3. The molecule has 0 unspecified atom stereocenters. The Labute approximate surface area is 190 Å². The van der Waals surface area contributed by atoms with Gasteiger partial charge in [-0.15, -0.1) is 0 Å². The van der Waals surface area contributed by atoms with Gasteiger partial charge in [-0.3, -0.25) is 0 Å². The summed E-state index contributed by atoms with van der Waals surface area (Å²) in [7, 11) is 0. The van der Waals surface area contributed by atoms with Crippen LogP contribution in [0.2, 0.25) is 0 Å². The minimum absolute atomic E-state index is 0.543. The summed E-state index contributed by atoms with van der Waals surface area (Å²) in [5.74, 6) is 9.19. The second-order valence-electron chi connectivity index (χ2n) is 9.10. The van der Waals surface area contributed by atoms with E-state index in [0.29, 0.717) is 11.8 Å². The maximum absolute atomic E-state index is 5.92. The Morgan fingerprint density at radius 3 is 2.16 bits per heavy atom. The predicted molar refractivity (Wildman–Crippen MR) is 133 cm³/mol. The maximum atomic E-state index is 5.92. The van der Waals surface area contributed by atoms with Gasteiger partial charge in [0.1, 0.15) is 5.75 Å². The van der Waals surface area contributed by atoms with Gasteiger partial charge in [-0.25, -0.2) is 0 Å². The van der Waals surface area contributed by atoms with E-state index in [9.17, 15) is 0 Å². The van der Waals surface area contributed by atoms with Crippen LogP contribution in [0.1, 0.15) is 101 Å². The van der Waals surface area contributed by atoms with E-state index in [2.05, 4.69) is 74.2 Å². The molecule has 1 saturated carbocycles. The predicted octanol–water partition coefficient (Wildman–Crippen LogP) is 8.31. The minimum atomic E-state index is 0.543. The average Bonchev–Trinajstić information content (AvgIpc) is 2.82. The monoisotopic (exact) mass is 416 g/mol. The topological polar surface area (TPSA) is 9.23 Å². The van der Waals surface area contributed by atoms with Crippen LogP contribution in [0.15, 0.2) is 48.5 Å². The molecule has 0 bridgehead atoms. The van der Waals surface area contributed by atoms with Crippen molar-refractivity contribution in [1.29, 1.82) is 0 Å². The third kappa shape index (κ3) is 8.10. The SMILES string of the molecule is CCCCCCCOc1ccc(C2CCC(C#Cc3ccc(CCC)cc3)CC2)cc1. The molecule has 3 rings (SSSR count). The van der Waals surface area contributed by atoms with Gasteiger partial charge < -0.3 is 4.74 Å². The van der Waals surface area contributed by atoms with E-state index in [1.807, 2.05) is 0 Å². The molecular formula is C30H40O. The van der Waals surface area contributed by atoms with Crippen molar-refractivity contribution in [3.8, 4) is 17.6 Å². The smallest absolute Gasteiger partial charge is 0.119 e. The fourth-order valence-electron chi connectivity index (χ4n) is 4.53. The van der Waals surface area contributed by atoms with Crippen LogP contribution in [0.3, 0.4) is 0 Å². The van der Waals surface area contributed by atoms with Gasteiger partial charge in [0.25, 0.3) is 0 Å². The van der Waals surface area contributed by atoms with Gasteiger partial charge in [-0.05, 0) is 79.8 Å². The Morgan fingerprint density at radius 1 is 0.774 bits per heavy atom. The van der Waals surface area contributed by atoms with E-state index >= 15 is 0 Å². The van der Waals surface area contributed by atoms with Crippen molar-refractivity contribution >= 4 is 0 Å². The van der Waals surface area contributed by atoms with Crippen LogP contribution in [0.4, 0.5) is 0 Å². The van der Waals surface area contributed by atoms with E-state index in [1.54, 1.807) is 0 Å². The lowest BCUT2D eigenvalue weighted by Gasteiger charge is -2.26. The molecule has 1 aliphatic carbocycles. The zero-order valence-electron chi connectivity index (χ0n) is 19.7. The average molecular weight is 417 g/mol. The van der Waals surface area contributed by atoms with E-state index < -0.39 is 0 Å². The molecule has 0 atom stereocenters. The van der Waals surface area contributed by atoms with Crippen LogP contribution in [-0.2, 0) is 6.42 Å². The number of unbranched alkanes of at least 4 members (excludes halogenated alkanes) is 4. The highest BCUT2D eigenvalue weighted by Gasteiger charge is 2.21. The first kappa shape index (κ1) is 23.5. The van der Waals surface area contributed by atoms with Gasteiger partial charge in [0.2, 0.25) is 0 Å². The molecule has 0 saturated heterocycles. The standard InChI is InChI=1S/C30H40O/c1-3-5-6-7-8-24-31-30-22-20-29(21-23-30)28-18-16-27(17-19-28)15-14-26-12-10-25(9-4-2)11-13-26/h10-13,20-23,27-28H,3-9,16-19,24H2,1-2H3. The van der Waals surface area contributed by atoms with Gasteiger partial charge in [0.05, 0.1) is 6.61 Å². The molecule has 2 aromatic rings. The summed E-state index contributed by atoms with van der Waals surface area (Å²) < 4.78 is 5.92. The molecule has 1 nitrogen and oxygen atoms in total. The Kier molecular flexibility index (Phi) is 10.0. The van der Waals surface area contributed by atoms with Crippen molar-refractivity contribution in [2.45, 2.75) is 90.4 Å². The molecule has 0 radical (unpaired) electrons. The lowest BCUT2D eigenvalue weighted by Crippen LogP contribution is -2.12. The zero-order chi connectivity index (χ0) is 21.7. The summed E-state index contributed by atoms with van der Waals surface area (Å²) in [6, 6.07) is 17.7. The second kappa shape index (κ2) is 13.3. The summed E-state index contributed by atoms with van der Waals surface area (Å²) in [5, 5.41) is 0. The molecule has 0 aromatic heterocycles. The number of hydrogen-bond donors (Lipinski definition) is 0. The summed E-state index contributed by atoms with van der Waals surface area (Å²) in [6.45, 7) is 5.32. The third-order valence-electron chi connectivity index (χ3n) is 6.51. The number of hydrogen-bond acceptors (Lipinski definition) is 1. The molecule has 1 aliphatic rings. The lowest BCUT2D eigenvalue weighted by molar-refractivity contribution is 0.304. The summed E-state index contributed by atoms with van der Waals surface area (Å²) in [5.41, 5.74) is 4.04. The zero-order valence-corrected chi connectivity index (χ0v) is 19.7. The number of rotatable bonds is 10. The number of ether oxygens (including phenoxy) is 1. The minimum Gasteiger partial charge on any atom is -0.494 e. The van der Waals surface area contributed by atoms with Crippen LogP contribution in [0, 0.1) is 17.8 Å². The van der Waals surface area contributed by atoms with Crippen LogP contribution in [0.25, 0.3) is 0 Å². The fraction of sp³-hybridized carbons (Fsp3) is 0.533. The first-order valence-electron chi connectivity index (χ1n) is 12.6. The molecular weight excluding hydrogens is 376 g/mol. The van der Waals surface area contributed by atoms with Crippen LogP contribution >= 0.6 is 0 Å². The molecule has 0 amide bonds. The first-order chi connectivity index (χ1) is 15.3. The van der Waals surface area contributed by atoms with Gasteiger partial charge in [0.15, 0.2) is 0 Å². The van der Waals surface area contributed by atoms with Crippen molar-refractivity contribution in [1.82, 2.24) is 0 Å². The molecule has 2 aromatic carbocycles. The molecule has 31 heavy (non-hydrogen) atoms. The highest BCUT2D eigenvalue weighted by molar-refractivity contribution is 5.37. The Hall–Kier alpha value is -2.20. The van der Waals surface area contributed by atoms with Crippen LogP contribution in [-0.4, -0.2) is 6.61 Å². The van der Waals surface area contributed by atoms with Crippen LogP contribution < -0.4 is 4.74 Å². The van der Waals surface area contributed by atoms with E-state index in [0.717, 1.165) is 30.8 Å². The second-order valence-corrected chi connectivity index (χ2v) is 9.10. The summed E-state index contributed by atoms with van der Waals surface area (Å²) >= 11 is 0. The van der Waals surface area contributed by atoms with Gasteiger partial charge in [-0.1, -0.05) is 82.1 Å². The Bertz CT molecular complexity index is 798. The number of benzene rings is 2. The number of aryl methyl sites for hydroxylation is 1. The van der Waals surface area contributed by atoms with Crippen molar-refractivity contribution < 1.29 is 4.74 Å². The Morgan fingerprint density at radius 2 is 1.48 bits per heavy atom. The lowest BCUT2D eigenvalue weighted by atomic mass is 9.79. The Balaban J connectivity index is 1.40. The van der Waals surface area contributed by atoms with Crippen LogP contribution in [0.5, 0.6) is 5.75 Å². The molecule has 0 spiro atoms. The largest absolute Gasteiger partial charge is 0.494 e. The van der Waals surface area contributed by atoms with Gasteiger partial charge in [0, 0.05) is 11.5 Å². The van der Waals surface area contributed by atoms with Gasteiger partial charge in [-0.2, -0.15) is 0 Å². The van der Waals surface area contributed by atoms with E-state index in [-0.39, 0.29) is 0 Å². The van der Waals surface area contributed by atoms with Gasteiger partial charge >= 0.3 is 0 Å². The van der Waals surface area contributed by atoms with Crippen molar-refractivity contribution in [2.75, 3.05) is 6.61 Å². The van der Waals surface area contributed by atoms with Crippen molar-refractivity contribution in [2.24, 2.45) is 5.92 Å². The van der Waals surface area contributed by atoms with Crippen molar-refractivity contribution in [3.63, 3.8) is 0 Å². The molecule has 0 heterocycles. The summed E-state index contributed by atoms with van der Waals surface area (Å²) in [6.07, 6.45) is 13.7. The molecule has 166 valence electrons. The van der Waals surface area contributed by atoms with Crippen molar-refractivity contribution in [3.05, 3.63) is 65.2 Å². The molecule has 1 fully saturated rings. The highest BCUT2D eigenvalue weighted by Crippen LogP contribution is 2.36. The molecule has 1 heteroatoms. The highest BCUT2D eigenvalue weighted by atomic mass is 16.5. The fourth-order valence-corrected chi connectivity index (χ4v) is 4.53. The van der Waals surface area contributed by atoms with E-state index in [4.69, 9.17) is 4.74 Å². The third-order valence-corrected chi connectivity index (χ3v) is 6.51. The van der Waals surface area contributed by atoms with E-state index in [1.165, 1.54) is 68.9 Å². The molecule has 0 aliphatic heterocycles.